The van der Waals surface area contributed by atoms with Crippen molar-refractivity contribution in [2.75, 3.05) is 12.4 Å². The van der Waals surface area contributed by atoms with Crippen LogP contribution in [0.25, 0.3) is 0 Å². The number of nitrogens with zero attached hydrogens (tertiary/aromatic N) is 1. The van der Waals surface area contributed by atoms with Crippen LogP contribution < -0.4 is 10.6 Å². The molecule has 2 saturated carbocycles. The van der Waals surface area contributed by atoms with Gasteiger partial charge in [-0.25, -0.2) is 4.98 Å². The second-order valence-corrected chi connectivity index (χ2v) is 5.43. The molecule has 2 N–H and O–H groups in total. The lowest BCUT2D eigenvalue weighted by molar-refractivity contribution is 0.0923. The van der Waals surface area contributed by atoms with E-state index >= 15 is 0 Å². The van der Waals surface area contributed by atoms with Gasteiger partial charge in [-0.3, -0.25) is 4.79 Å². The zero-order chi connectivity index (χ0) is 12.5. The predicted octanol–water partition coefficient (Wildman–Crippen LogP) is 2.04. The molecule has 2 bridgehead atoms. The number of amides is 1. The van der Waals surface area contributed by atoms with Gasteiger partial charge in [0.05, 0.1) is 0 Å². The van der Waals surface area contributed by atoms with Crippen LogP contribution in [-0.4, -0.2) is 24.0 Å². The van der Waals surface area contributed by atoms with E-state index in [4.69, 9.17) is 0 Å². The van der Waals surface area contributed by atoms with Gasteiger partial charge in [-0.2, -0.15) is 0 Å². The van der Waals surface area contributed by atoms with Gasteiger partial charge in [0, 0.05) is 24.8 Å². The van der Waals surface area contributed by atoms with Crippen molar-refractivity contribution in [3.8, 4) is 0 Å². The van der Waals surface area contributed by atoms with Gasteiger partial charge in [0.2, 0.25) is 0 Å². The number of aromatic nitrogens is 1. The van der Waals surface area contributed by atoms with Crippen molar-refractivity contribution in [3.63, 3.8) is 0 Å². The van der Waals surface area contributed by atoms with E-state index < -0.39 is 0 Å². The molecule has 1 heterocycles. The Kier molecular flexibility index (Phi) is 2.94. The average Bonchev–Trinajstić information content (AvgIpc) is 3.01. The van der Waals surface area contributed by atoms with Crippen molar-refractivity contribution in [3.05, 3.63) is 23.9 Å². The molecule has 0 radical (unpaired) electrons. The van der Waals surface area contributed by atoms with E-state index in [1.54, 1.807) is 25.4 Å². The Hall–Kier alpha value is -1.58. The topological polar surface area (TPSA) is 54.0 Å². The molecular formula is C14H19N3O. The molecule has 1 aromatic heterocycles. The van der Waals surface area contributed by atoms with Crippen LogP contribution >= 0.6 is 0 Å². The Balaban J connectivity index is 1.67. The van der Waals surface area contributed by atoms with Gasteiger partial charge in [-0.05, 0) is 43.2 Å². The highest BCUT2D eigenvalue weighted by molar-refractivity contribution is 5.95. The quantitative estimate of drug-likeness (QED) is 0.857. The zero-order valence-electron chi connectivity index (χ0n) is 10.6. The molecule has 3 atom stereocenters. The molecule has 18 heavy (non-hydrogen) atoms. The summed E-state index contributed by atoms with van der Waals surface area (Å²) in [6, 6.07) is 3.95. The second kappa shape index (κ2) is 4.59. The minimum Gasteiger partial charge on any atom is -0.373 e. The number of carbonyl (C=O) groups is 1. The van der Waals surface area contributed by atoms with E-state index in [1.807, 2.05) is 0 Å². The van der Waals surface area contributed by atoms with Crippen LogP contribution in [0.3, 0.4) is 0 Å². The van der Waals surface area contributed by atoms with Crippen molar-refractivity contribution >= 4 is 11.7 Å². The van der Waals surface area contributed by atoms with Gasteiger partial charge in [-0.15, -0.1) is 0 Å². The van der Waals surface area contributed by atoms with Gasteiger partial charge < -0.3 is 10.6 Å². The maximum atomic E-state index is 12.2. The highest BCUT2D eigenvalue weighted by Crippen LogP contribution is 2.44. The summed E-state index contributed by atoms with van der Waals surface area (Å²) in [4.78, 5) is 16.3. The van der Waals surface area contributed by atoms with Crippen LogP contribution in [-0.2, 0) is 0 Å². The number of anilines is 1. The van der Waals surface area contributed by atoms with Crippen LogP contribution in [0.4, 0.5) is 5.82 Å². The van der Waals surface area contributed by atoms with Crippen molar-refractivity contribution in [1.29, 1.82) is 0 Å². The van der Waals surface area contributed by atoms with Crippen LogP contribution in [0.5, 0.6) is 0 Å². The van der Waals surface area contributed by atoms with Gasteiger partial charge in [-0.1, -0.05) is 6.42 Å². The number of hydrogen-bond donors (Lipinski definition) is 2. The van der Waals surface area contributed by atoms with Crippen molar-refractivity contribution in [1.82, 2.24) is 10.3 Å². The first-order valence-electron chi connectivity index (χ1n) is 6.71. The summed E-state index contributed by atoms with van der Waals surface area (Å²) in [5, 5.41) is 6.14. The SMILES string of the molecule is CNc1cc(C(=O)NC2CC3CCC2C3)ccn1. The summed E-state index contributed by atoms with van der Waals surface area (Å²) >= 11 is 0. The maximum Gasteiger partial charge on any atom is 0.251 e. The molecule has 2 aliphatic rings. The number of rotatable bonds is 3. The second-order valence-electron chi connectivity index (χ2n) is 5.43. The lowest BCUT2D eigenvalue weighted by Crippen LogP contribution is -2.38. The van der Waals surface area contributed by atoms with E-state index in [-0.39, 0.29) is 5.91 Å². The third kappa shape index (κ3) is 2.07. The van der Waals surface area contributed by atoms with E-state index in [9.17, 15) is 4.79 Å². The van der Waals surface area contributed by atoms with E-state index in [0.717, 1.165) is 11.7 Å². The summed E-state index contributed by atoms with van der Waals surface area (Å²) in [5.74, 6) is 2.33. The van der Waals surface area contributed by atoms with Crippen LogP contribution in [0, 0.1) is 11.8 Å². The molecule has 3 rings (SSSR count). The minimum absolute atomic E-state index is 0.0338. The maximum absolute atomic E-state index is 12.2. The molecule has 3 unspecified atom stereocenters. The molecule has 0 aromatic carbocycles. The van der Waals surface area contributed by atoms with Gasteiger partial charge in [0.25, 0.3) is 5.91 Å². The Morgan fingerprint density at radius 2 is 2.28 bits per heavy atom. The summed E-state index contributed by atoms with van der Waals surface area (Å²) < 4.78 is 0. The number of pyridine rings is 1. The van der Waals surface area contributed by atoms with Gasteiger partial charge >= 0.3 is 0 Å². The summed E-state index contributed by atoms with van der Waals surface area (Å²) in [5.41, 5.74) is 0.692. The largest absolute Gasteiger partial charge is 0.373 e. The molecule has 0 saturated heterocycles. The van der Waals surface area contributed by atoms with Gasteiger partial charge in [0.1, 0.15) is 5.82 Å². The van der Waals surface area contributed by atoms with Crippen molar-refractivity contribution in [2.24, 2.45) is 11.8 Å². The summed E-state index contributed by atoms with van der Waals surface area (Å²) in [6.07, 6.45) is 6.79. The monoisotopic (exact) mass is 245 g/mol. The summed E-state index contributed by atoms with van der Waals surface area (Å²) in [7, 11) is 1.81. The molecule has 0 spiro atoms. The van der Waals surface area contributed by atoms with Gasteiger partial charge in [0.15, 0.2) is 0 Å². The Morgan fingerprint density at radius 1 is 1.39 bits per heavy atom. The fourth-order valence-corrected chi connectivity index (χ4v) is 3.38. The first-order chi connectivity index (χ1) is 8.76. The molecule has 1 amide bonds. The molecular weight excluding hydrogens is 226 g/mol. The molecule has 2 fully saturated rings. The standard InChI is InChI=1S/C14H19N3O/c1-15-13-8-11(4-5-16-13)14(18)17-12-7-9-2-3-10(12)6-9/h4-5,8-10,12H,2-3,6-7H2,1H3,(H,15,16)(H,17,18). The molecule has 4 heteroatoms. The number of fused-ring (bicyclic) bond motifs is 2. The first-order valence-corrected chi connectivity index (χ1v) is 6.71. The van der Waals surface area contributed by atoms with Crippen LogP contribution in [0.2, 0.25) is 0 Å². The number of nitrogens with one attached hydrogen (secondary N) is 2. The normalized spacial score (nSPS) is 29.3. The smallest absolute Gasteiger partial charge is 0.251 e. The molecule has 0 aliphatic heterocycles. The average molecular weight is 245 g/mol. The van der Waals surface area contributed by atoms with E-state index in [0.29, 0.717) is 17.5 Å². The van der Waals surface area contributed by atoms with E-state index in [1.165, 1.54) is 25.7 Å². The fraction of sp³-hybridized carbons (Fsp3) is 0.571. The lowest BCUT2D eigenvalue weighted by atomic mass is 9.95. The molecule has 4 nitrogen and oxygen atoms in total. The van der Waals surface area contributed by atoms with E-state index in [2.05, 4.69) is 15.6 Å². The van der Waals surface area contributed by atoms with Crippen molar-refractivity contribution < 1.29 is 4.79 Å². The highest BCUT2D eigenvalue weighted by Gasteiger charge is 2.40. The highest BCUT2D eigenvalue weighted by atomic mass is 16.1. The van der Waals surface area contributed by atoms with Crippen LogP contribution in [0.1, 0.15) is 36.0 Å². The zero-order valence-corrected chi connectivity index (χ0v) is 10.6. The summed E-state index contributed by atoms with van der Waals surface area (Å²) in [6.45, 7) is 0. The Morgan fingerprint density at radius 3 is 2.94 bits per heavy atom. The third-order valence-electron chi connectivity index (χ3n) is 4.33. The van der Waals surface area contributed by atoms with Crippen LogP contribution in [0.15, 0.2) is 18.3 Å². The fourth-order valence-electron chi connectivity index (χ4n) is 3.38. The molecule has 1 aromatic rings. The Labute approximate surface area is 107 Å². The molecule has 96 valence electrons. The van der Waals surface area contributed by atoms with Crippen molar-refractivity contribution in [2.45, 2.75) is 31.7 Å². The predicted molar refractivity (Wildman–Crippen MR) is 70.5 cm³/mol. The number of carbonyl (C=O) groups excluding carboxylic acids is 1. The minimum atomic E-state index is 0.0338. The first kappa shape index (κ1) is 11.5. The lowest BCUT2D eigenvalue weighted by Gasteiger charge is -2.22. The Bertz CT molecular complexity index is 460. The molecule has 2 aliphatic carbocycles. The number of hydrogen-bond acceptors (Lipinski definition) is 3. The third-order valence-corrected chi connectivity index (χ3v) is 4.33.